The number of ether oxygens (including phenoxy) is 3. The van der Waals surface area contributed by atoms with Crippen molar-refractivity contribution in [2.45, 2.75) is 110 Å². The zero-order chi connectivity index (χ0) is 33.0. The van der Waals surface area contributed by atoms with Crippen molar-refractivity contribution in [1.29, 1.82) is 0 Å². The highest BCUT2D eigenvalue weighted by Gasteiger charge is 2.43. The van der Waals surface area contributed by atoms with E-state index in [1.54, 1.807) is 12.1 Å². The molecule has 1 heterocycles. The summed E-state index contributed by atoms with van der Waals surface area (Å²) < 4.78 is 54.7. The Balaban J connectivity index is 1.49. The van der Waals surface area contributed by atoms with E-state index in [1.165, 1.54) is 12.1 Å². The van der Waals surface area contributed by atoms with Gasteiger partial charge in [-0.1, -0.05) is 45.0 Å². The number of aliphatic carboxylic acids is 1. The average Bonchev–Trinajstić information content (AvgIpc) is 2.94. The minimum atomic E-state index is -4.76. The summed E-state index contributed by atoms with van der Waals surface area (Å²) in [5.74, 6) is -0.585. The Morgan fingerprint density at radius 1 is 0.956 bits per heavy atom. The van der Waals surface area contributed by atoms with Gasteiger partial charge in [-0.3, -0.25) is 9.59 Å². The van der Waals surface area contributed by atoms with Crippen LogP contribution < -0.4 is 9.47 Å². The molecule has 1 atom stereocenters. The van der Waals surface area contributed by atoms with E-state index in [4.69, 9.17) is 9.47 Å². The van der Waals surface area contributed by atoms with Gasteiger partial charge in [-0.15, -0.1) is 13.2 Å². The second-order valence-electron chi connectivity index (χ2n) is 14.2. The molecule has 2 aromatic carbocycles. The summed E-state index contributed by atoms with van der Waals surface area (Å²) in [4.78, 5) is 26.8. The first-order chi connectivity index (χ1) is 20.9. The van der Waals surface area contributed by atoms with E-state index in [1.807, 2.05) is 63.8 Å². The molecule has 45 heavy (non-hydrogen) atoms. The van der Waals surface area contributed by atoms with Gasteiger partial charge in [0.1, 0.15) is 11.5 Å². The summed E-state index contributed by atoms with van der Waals surface area (Å²) in [5.41, 5.74) is 0.379. The topological polar surface area (TPSA) is 85.3 Å². The predicted octanol–water partition coefficient (Wildman–Crippen LogP) is 7.90. The van der Waals surface area contributed by atoms with Crippen molar-refractivity contribution in [3.63, 3.8) is 0 Å². The molecule has 1 saturated carbocycles. The Bertz CT molecular complexity index is 1290. The Kier molecular flexibility index (Phi) is 10.5. The van der Waals surface area contributed by atoms with Gasteiger partial charge in [0.2, 0.25) is 5.91 Å². The van der Waals surface area contributed by atoms with Gasteiger partial charge in [-0.25, -0.2) is 0 Å². The van der Waals surface area contributed by atoms with Gasteiger partial charge in [-0.2, -0.15) is 0 Å². The summed E-state index contributed by atoms with van der Waals surface area (Å²) in [6.07, 6.45) is -0.218. The SMILES string of the molecule is CC1(C)CC(CCN(Cc2ccc(OC3CCC(C(=O)O)CC3)cc2)C(=O)C(C)(C)C)(c2ccc(OC(F)(F)F)cc2)CCO1. The molecule has 7 nitrogen and oxygen atoms in total. The van der Waals surface area contributed by atoms with E-state index in [-0.39, 0.29) is 23.7 Å². The Hall–Kier alpha value is -3.27. The van der Waals surface area contributed by atoms with Crippen molar-refractivity contribution in [1.82, 2.24) is 4.90 Å². The molecule has 1 aliphatic heterocycles. The Morgan fingerprint density at radius 2 is 1.56 bits per heavy atom. The first-order valence-electron chi connectivity index (χ1n) is 15.7. The molecule has 0 bridgehead atoms. The molecule has 1 saturated heterocycles. The first-order valence-corrected chi connectivity index (χ1v) is 15.7. The number of hydrogen-bond acceptors (Lipinski definition) is 5. The maximum atomic E-state index is 13.7. The van der Waals surface area contributed by atoms with Gasteiger partial charge in [0, 0.05) is 30.5 Å². The van der Waals surface area contributed by atoms with Crippen LogP contribution in [0.3, 0.4) is 0 Å². The number of carbonyl (C=O) groups excluding carboxylic acids is 1. The lowest BCUT2D eigenvalue weighted by atomic mass is 9.67. The molecule has 1 unspecified atom stereocenters. The van der Waals surface area contributed by atoms with Gasteiger partial charge in [-0.05, 0) is 94.2 Å². The molecule has 0 spiro atoms. The van der Waals surface area contributed by atoms with E-state index < -0.39 is 28.8 Å². The van der Waals surface area contributed by atoms with E-state index in [0.29, 0.717) is 70.4 Å². The van der Waals surface area contributed by atoms with Gasteiger partial charge in [0.15, 0.2) is 0 Å². The molecule has 10 heteroatoms. The smallest absolute Gasteiger partial charge is 0.490 e. The maximum Gasteiger partial charge on any atom is 0.573 e. The van der Waals surface area contributed by atoms with Crippen LogP contribution in [0.5, 0.6) is 11.5 Å². The quantitative estimate of drug-likeness (QED) is 0.286. The largest absolute Gasteiger partial charge is 0.573 e. The Labute approximate surface area is 264 Å². The molecule has 248 valence electrons. The summed E-state index contributed by atoms with van der Waals surface area (Å²) in [7, 11) is 0. The maximum absolute atomic E-state index is 13.7. The Morgan fingerprint density at radius 3 is 2.09 bits per heavy atom. The molecule has 2 fully saturated rings. The van der Waals surface area contributed by atoms with Gasteiger partial charge in [0.05, 0.1) is 17.6 Å². The third-order valence-electron chi connectivity index (χ3n) is 8.95. The molecular formula is C35H46F3NO6. The minimum Gasteiger partial charge on any atom is -0.490 e. The molecule has 1 amide bonds. The molecule has 0 radical (unpaired) electrons. The number of rotatable bonds is 10. The molecule has 0 aromatic heterocycles. The summed E-state index contributed by atoms with van der Waals surface area (Å²) in [6.45, 7) is 11.1. The van der Waals surface area contributed by atoms with Crippen molar-refractivity contribution in [2.24, 2.45) is 11.3 Å². The third kappa shape index (κ3) is 9.61. The van der Waals surface area contributed by atoms with Crippen LogP contribution in [-0.2, 0) is 26.3 Å². The van der Waals surface area contributed by atoms with Crippen LogP contribution in [0, 0.1) is 11.3 Å². The van der Waals surface area contributed by atoms with Crippen LogP contribution in [-0.4, -0.2) is 53.1 Å². The van der Waals surface area contributed by atoms with Crippen LogP contribution in [0.2, 0.25) is 0 Å². The van der Waals surface area contributed by atoms with Crippen molar-refractivity contribution in [2.75, 3.05) is 13.2 Å². The summed E-state index contributed by atoms with van der Waals surface area (Å²) in [5, 5.41) is 9.24. The van der Waals surface area contributed by atoms with E-state index in [0.717, 1.165) is 11.1 Å². The zero-order valence-corrected chi connectivity index (χ0v) is 26.9. The number of benzene rings is 2. The summed E-state index contributed by atoms with van der Waals surface area (Å²) in [6, 6.07) is 13.8. The molecule has 2 aromatic rings. The molecule has 4 rings (SSSR count). The second-order valence-corrected chi connectivity index (χ2v) is 14.2. The van der Waals surface area contributed by atoms with Crippen molar-refractivity contribution in [3.05, 3.63) is 59.7 Å². The van der Waals surface area contributed by atoms with Crippen molar-refractivity contribution in [3.8, 4) is 11.5 Å². The number of amides is 1. The highest BCUT2D eigenvalue weighted by Crippen LogP contribution is 2.45. The van der Waals surface area contributed by atoms with E-state index in [2.05, 4.69) is 4.74 Å². The highest BCUT2D eigenvalue weighted by molar-refractivity contribution is 5.81. The number of halogens is 3. The standard InChI is InChI=1S/C35H46F3NO6/c1-32(2,3)31(42)39(22-24-6-12-27(13-7-24)44-28-14-8-25(9-15-28)30(40)41)20-18-34(19-21-43-33(4,5)23-34)26-10-16-29(17-11-26)45-35(36,37)38/h6-7,10-13,16-17,25,28H,8-9,14-15,18-23H2,1-5H3,(H,40,41). The lowest BCUT2D eigenvalue weighted by Crippen LogP contribution is -2.47. The summed E-state index contributed by atoms with van der Waals surface area (Å²) >= 11 is 0. The average molecular weight is 634 g/mol. The van der Waals surface area contributed by atoms with Crippen molar-refractivity contribution < 1.29 is 42.1 Å². The molecule has 1 N–H and O–H groups in total. The number of carbonyl (C=O) groups is 2. The molecule has 1 aliphatic carbocycles. The van der Waals surface area contributed by atoms with Gasteiger partial charge < -0.3 is 24.2 Å². The first kappa shape index (κ1) is 34.6. The number of hydrogen-bond donors (Lipinski definition) is 1. The van der Waals surface area contributed by atoms with Crippen LogP contribution >= 0.6 is 0 Å². The van der Waals surface area contributed by atoms with Crippen LogP contribution in [0.4, 0.5) is 13.2 Å². The van der Waals surface area contributed by atoms with Crippen LogP contribution in [0.15, 0.2) is 48.5 Å². The fourth-order valence-corrected chi connectivity index (χ4v) is 6.68. The fraction of sp³-hybridized carbons (Fsp3) is 0.600. The highest BCUT2D eigenvalue weighted by atomic mass is 19.4. The van der Waals surface area contributed by atoms with Crippen LogP contribution in [0.25, 0.3) is 0 Å². The number of carboxylic acid groups (broad SMARTS) is 1. The lowest BCUT2D eigenvalue weighted by molar-refractivity contribution is -0.274. The van der Waals surface area contributed by atoms with Crippen molar-refractivity contribution >= 4 is 11.9 Å². The predicted molar refractivity (Wildman–Crippen MR) is 164 cm³/mol. The monoisotopic (exact) mass is 633 g/mol. The number of nitrogens with zero attached hydrogens (tertiary/aromatic N) is 1. The number of carboxylic acids is 1. The molecular weight excluding hydrogens is 587 g/mol. The zero-order valence-electron chi connectivity index (χ0n) is 26.9. The second kappa shape index (κ2) is 13.6. The lowest BCUT2D eigenvalue weighted by Gasteiger charge is -2.46. The molecule has 2 aliphatic rings. The fourth-order valence-electron chi connectivity index (χ4n) is 6.68. The minimum absolute atomic E-state index is 0.00779. The van der Waals surface area contributed by atoms with E-state index >= 15 is 0 Å². The van der Waals surface area contributed by atoms with Gasteiger partial charge in [0.25, 0.3) is 0 Å². The van der Waals surface area contributed by atoms with E-state index in [9.17, 15) is 27.9 Å². The number of alkyl halides is 3. The van der Waals surface area contributed by atoms with Gasteiger partial charge >= 0.3 is 12.3 Å². The normalized spacial score (nSPS) is 23.6. The van der Waals surface area contributed by atoms with Crippen LogP contribution in [0.1, 0.15) is 90.7 Å². The third-order valence-corrected chi connectivity index (χ3v) is 8.95.